The first-order valence-corrected chi connectivity index (χ1v) is 13.6. The summed E-state index contributed by atoms with van der Waals surface area (Å²) in [5, 5.41) is 9.47. The number of aliphatic hydroxyl groups is 1. The molecule has 0 amide bonds. The van der Waals surface area contributed by atoms with Gasteiger partial charge in [0.1, 0.15) is 0 Å². The van der Waals surface area contributed by atoms with E-state index >= 15 is 0 Å². The van der Waals surface area contributed by atoms with Crippen LogP contribution in [0.1, 0.15) is 136 Å². The zero-order chi connectivity index (χ0) is 21.1. The van der Waals surface area contributed by atoms with Gasteiger partial charge in [0.25, 0.3) is 10.1 Å². The van der Waals surface area contributed by atoms with Gasteiger partial charge in [0.2, 0.25) is 0 Å². The van der Waals surface area contributed by atoms with Crippen molar-refractivity contribution in [1.82, 2.24) is 0 Å². The molecule has 2 unspecified atom stereocenters. The van der Waals surface area contributed by atoms with E-state index in [1.54, 1.807) is 0 Å². The third kappa shape index (κ3) is 17.9. The first-order valence-electron chi connectivity index (χ1n) is 12.1. The van der Waals surface area contributed by atoms with E-state index in [1.807, 2.05) is 0 Å². The fraction of sp³-hybridized carbons (Fsp3) is 1.00. The molecule has 0 aliphatic rings. The standard InChI is InChI=1S/C23H48O4S/c1-3-5-7-9-10-12-14-18-22(24)19-15-13-17-21-23(28(25,26)27)20-16-11-8-6-4-2/h22-24H,3-21H2,1-2H3,(H,25,26,27). The average molecular weight is 421 g/mol. The molecule has 0 fully saturated rings. The Bertz CT molecular complexity index is 422. The fourth-order valence-corrected chi connectivity index (χ4v) is 4.76. The smallest absolute Gasteiger partial charge is 0.267 e. The van der Waals surface area contributed by atoms with Crippen LogP contribution >= 0.6 is 0 Å². The van der Waals surface area contributed by atoms with E-state index in [-0.39, 0.29) is 6.10 Å². The molecular weight excluding hydrogens is 372 g/mol. The Balaban J connectivity index is 3.71. The largest absolute Gasteiger partial charge is 0.393 e. The molecule has 2 N–H and O–H groups in total. The van der Waals surface area contributed by atoms with E-state index in [0.717, 1.165) is 57.8 Å². The van der Waals surface area contributed by atoms with Gasteiger partial charge in [-0.25, -0.2) is 0 Å². The van der Waals surface area contributed by atoms with Crippen LogP contribution in [-0.2, 0) is 10.1 Å². The lowest BCUT2D eigenvalue weighted by atomic mass is 10.0. The fourth-order valence-electron chi connectivity index (χ4n) is 3.83. The van der Waals surface area contributed by atoms with Gasteiger partial charge in [-0.1, -0.05) is 110 Å². The van der Waals surface area contributed by atoms with Gasteiger partial charge in [-0.05, 0) is 25.7 Å². The maximum Gasteiger partial charge on any atom is 0.267 e. The van der Waals surface area contributed by atoms with Crippen LogP contribution in [0.4, 0.5) is 0 Å². The second-order valence-corrected chi connectivity index (χ2v) is 10.2. The summed E-state index contributed by atoms with van der Waals surface area (Å²) in [6, 6.07) is 0. The predicted molar refractivity (Wildman–Crippen MR) is 120 cm³/mol. The molecule has 0 bridgehead atoms. The molecule has 0 aromatic carbocycles. The Morgan fingerprint density at radius 1 is 0.571 bits per heavy atom. The summed E-state index contributed by atoms with van der Waals surface area (Å²) >= 11 is 0. The van der Waals surface area contributed by atoms with E-state index in [1.165, 1.54) is 51.4 Å². The van der Waals surface area contributed by atoms with Crippen LogP contribution in [0.15, 0.2) is 0 Å². The molecule has 28 heavy (non-hydrogen) atoms. The quantitative estimate of drug-likeness (QED) is 0.154. The maximum atomic E-state index is 11.6. The van der Waals surface area contributed by atoms with Crippen LogP contribution in [0.25, 0.3) is 0 Å². The van der Waals surface area contributed by atoms with Crippen molar-refractivity contribution in [2.24, 2.45) is 0 Å². The Labute approximate surface area is 175 Å². The van der Waals surface area contributed by atoms with E-state index in [4.69, 9.17) is 0 Å². The van der Waals surface area contributed by atoms with Crippen LogP contribution in [-0.4, -0.2) is 29.4 Å². The molecule has 4 nitrogen and oxygen atoms in total. The molecule has 0 spiro atoms. The normalized spacial score (nSPS) is 14.3. The molecular formula is C23H48O4S. The Morgan fingerprint density at radius 3 is 1.29 bits per heavy atom. The van der Waals surface area contributed by atoms with Crippen molar-refractivity contribution in [1.29, 1.82) is 0 Å². The molecule has 0 aliphatic heterocycles. The SMILES string of the molecule is CCCCCCCCCC(O)CCCCCC(CCCCCCC)S(=O)(=O)O. The van der Waals surface area contributed by atoms with Gasteiger partial charge in [0, 0.05) is 0 Å². The van der Waals surface area contributed by atoms with Crippen LogP contribution in [0, 0.1) is 0 Å². The summed E-state index contributed by atoms with van der Waals surface area (Å²) in [4.78, 5) is 0. The van der Waals surface area contributed by atoms with Crippen molar-refractivity contribution < 1.29 is 18.1 Å². The summed E-state index contributed by atoms with van der Waals surface area (Å²) < 4.78 is 32.6. The van der Waals surface area contributed by atoms with Crippen LogP contribution in [0.3, 0.4) is 0 Å². The van der Waals surface area contributed by atoms with Crippen molar-refractivity contribution in [3.05, 3.63) is 0 Å². The van der Waals surface area contributed by atoms with Crippen molar-refractivity contribution in [2.45, 2.75) is 147 Å². The molecule has 0 aromatic heterocycles. The van der Waals surface area contributed by atoms with Crippen LogP contribution in [0.5, 0.6) is 0 Å². The highest BCUT2D eigenvalue weighted by atomic mass is 32.2. The molecule has 2 atom stereocenters. The molecule has 0 aromatic rings. The lowest BCUT2D eigenvalue weighted by molar-refractivity contribution is 0.147. The molecule has 0 heterocycles. The predicted octanol–water partition coefficient (Wildman–Crippen LogP) is 7.06. The molecule has 0 saturated heterocycles. The van der Waals surface area contributed by atoms with Gasteiger partial charge >= 0.3 is 0 Å². The summed E-state index contributed by atoms with van der Waals surface area (Å²) in [7, 11) is -3.93. The maximum absolute atomic E-state index is 11.6. The van der Waals surface area contributed by atoms with E-state index in [9.17, 15) is 18.1 Å². The average Bonchev–Trinajstić information content (AvgIpc) is 2.64. The van der Waals surface area contributed by atoms with Crippen molar-refractivity contribution in [3.63, 3.8) is 0 Å². The van der Waals surface area contributed by atoms with E-state index in [0.29, 0.717) is 12.8 Å². The molecule has 170 valence electrons. The monoisotopic (exact) mass is 420 g/mol. The minimum Gasteiger partial charge on any atom is -0.393 e. The lowest BCUT2D eigenvalue weighted by Crippen LogP contribution is -2.20. The minimum absolute atomic E-state index is 0.216. The lowest BCUT2D eigenvalue weighted by Gasteiger charge is -2.14. The van der Waals surface area contributed by atoms with Gasteiger partial charge in [-0.2, -0.15) is 8.42 Å². The van der Waals surface area contributed by atoms with Gasteiger partial charge in [-0.15, -0.1) is 0 Å². The van der Waals surface area contributed by atoms with Crippen LogP contribution in [0.2, 0.25) is 0 Å². The third-order valence-corrected chi connectivity index (χ3v) is 7.07. The van der Waals surface area contributed by atoms with Gasteiger partial charge in [0.05, 0.1) is 11.4 Å². The molecule has 0 saturated carbocycles. The second kappa shape index (κ2) is 18.9. The van der Waals surface area contributed by atoms with Crippen molar-refractivity contribution in [2.75, 3.05) is 0 Å². The third-order valence-electron chi connectivity index (χ3n) is 5.76. The zero-order valence-corrected chi connectivity index (χ0v) is 19.5. The first kappa shape index (κ1) is 27.9. The summed E-state index contributed by atoms with van der Waals surface area (Å²) in [6.45, 7) is 4.39. The highest BCUT2D eigenvalue weighted by molar-refractivity contribution is 7.86. The van der Waals surface area contributed by atoms with E-state index in [2.05, 4.69) is 13.8 Å². The van der Waals surface area contributed by atoms with Gasteiger partial charge in [0.15, 0.2) is 0 Å². The topological polar surface area (TPSA) is 74.6 Å². The van der Waals surface area contributed by atoms with Crippen molar-refractivity contribution >= 4 is 10.1 Å². The van der Waals surface area contributed by atoms with Crippen LogP contribution < -0.4 is 0 Å². The van der Waals surface area contributed by atoms with Gasteiger partial charge in [-0.3, -0.25) is 4.55 Å². The van der Waals surface area contributed by atoms with Crippen molar-refractivity contribution in [3.8, 4) is 0 Å². The Morgan fingerprint density at radius 2 is 0.893 bits per heavy atom. The number of hydrogen-bond donors (Lipinski definition) is 2. The first-order chi connectivity index (χ1) is 13.4. The molecule has 0 radical (unpaired) electrons. The highest BCUT2D eigenvalue weighted by Gasteiger charge is 2.21. The number of hydrogen-bond acceptors (Lipinski definition) is 3. The molecule has 0 aliphatic carbocycles. The number of aliphatic hydroxyl groups excluding tert-OH is 1. The second-order valence-electron chi connectivity index (χ2n) is 8.54. The molecule has 0 rings (SSSR count). The van der Waals surface area contributed by atoms with E-state index < -0.39 is 15.4 Å². The number of unbranched alkanes of at least 4 members (excludes halogenated alkanes) is 12. The Hall–Kier alpha value is -0.130. The molecule has 5 heteroatoms. The summed E-state index contributed by atoms with van der Waals surface area (Å²) in [5.74, 6) is 0. The zero-order valence-electron chi connectivity index (χ0n) is 18.7. The minimum atomic E-state index is -3.93. The summed E-state index contributed by atoms with van der Waals surface area (Å²) in [6.07, 6.45) is 19.6. The Kier molecular flexibility index (Phi) is 18.8. The summed E-state index contributed by atoms with van der Waals surface area (Å²) in [5.41, 5.74) is 0. The van der Waals surface area contributed by atoms with Gasteiger partial charge < -0.3 is 5.11 Å². The number of rotatable bonds is 21. The highest BCUT2D eigenvalue weighted by Crippen LogP contribution is 2.19.